The molecule has 0 saturated carbocycles. The summed E-state index contributed by atoms with van der Waals surface area (Å²) in [7, 11) is 0. The lowest BCUT2D eigenvalue weighted by Crippen LogP contribution is -2.37. The van der Waals surface area contributed by atoms with Crippen molar-refractivity contribution in [3.63, 3.8) is 0 Å². The summed E-state index contributed by atoms with van der Waals surface area (Å²) in [5.41, 5.74) is -0.637. The van der Waals surface area contributed by atoms with Crippen LogP contribution in [0.4, 0.5) is 5.69 Å². The van der Waals surface area contributed by atoms with Crippen LogP contribution in [0.25, 0.3) is 0 Å². The van der Waals surface area contributed by atoms with E-state index in [0.717, 1.165) is 12.3 Å². The number of rotatable bonds is 3. The van der Waals surface area contributed by atoms with Gasteiger partial charge in [-0.25, -0.2) is 9.78 Å². The first-order chi connectivity index (χ1) is 8.08. The second-order valence-corrected chi connectivity index (χ2v) is 3.73. The van der Waals surface area contributed by atoms with Gasteiger partial charge in [-0.2, -0.15) is 0 Å². The summed E-state index contributed by atoms with van der Waals surface area (Å²) in [6.07, 6.45) is 0.574. The van der Waals surface area contributed by atoms with E-state index in [0.29, 0.717) is 13.2 Å². The van der Waals surface area contributed by atoms with Crippen molar-refractivity contribution in [1.82, 2.24) is 4.98 Å². The fourth-order valence-corrected chi connectivity index (χ4v) is 1.39. The molecule has 0 unspecified atom stereocenters. The average molecular weight is 259 g/mol. The fraction of sp³-hybridized carbons (Fsp3) is 0.333. The van der Waals surface area contributed by atoms with Gasteiger partial charge in [-0.1, -0.05) is 11.6 Å². The Balaban J connectivity index is 2.25. The molecule has 1 saturated heterocycles. The van der Waals surface area contributed by atoms with E-state index in [1.165, 1.54) is 0 Å². The summed E-state index contributed by atoms with van der Waals surface area (Å²) in [6, 6.07) is 1.11. The molecule has 0 aromatic carbocycles. The Morgan fingerprint density at radius 1 is 1.65 bits per heavy atom. The van der Waals surface area contributed by atoms with Crippen LogP contribution in [0.2, 0.25) is 5.15 Å². The van der Waals surface area contributed by atoms with Gasteiger partial charge in [0, 0.05) is 0 Å². The predicted molar refractivity (Wildman–Crippen MR) is 55.9 cm³/mol. The molecule has 1 aliphatic heterocycles. The molecule has 0 spiro atoms. The number of hydrogen-bond donors (Lipinski definition) is 0. The van der Waals surface area contributed by atoms with Crippen molar-refractivity contribution < 1.29 is 19.2 Å². The number of ether oxygens (including phenoxy) is 2. The summed E-state index contributed by atoms with van der Waals surface area (Å²) in [5.74, 6) is -0.797. The maximum absolute atomic E-state index is 11.7. The SMILES string of the molecule is O=C(OC1COC1)c1cc(Cl)ncc1[N+](=O)[O-]. The van der Waals surface area contributed by atoms with Crippen molar-refractivity contribution in [3.05, 3.63) is 33.1 Å². The summed E-state index contributed by atoms with van der Waals surface area (Å²) in [5, 5.41) is 10.7. The van der Waals surface area contributed by atoms with E-state index in [9.17, 15) is 14.9 Å². The van der Waals surface area contributed by atoms with E-state index >= 15 is 0 Å². The number of esters is 1. The zero-order chi connectivity index (χ0) is 12.4. The fourth-order valence-electron chi connectivity index (χ4n) is 1.23. The van der Waals surface area contributed by atoms with Crippen LogP contribution >= 0.6 is 11.6 Å². The van der Waals surface area contributed by atoms with Gasteiger partial charge in [0.25, 0.3) is 0 Å². The van der Waals surface area contributed by atoms with E-state index in [-0.39, 0.29) is 16.8 Å². The topological polar surface area (TPSA) is 91.6 Å². The van der Waals surface area contributed by atoms with Crippen LogP contribution in [0.1, 0.15) is 10.4 Å². The second-order valence-electron chi connectivity index (χ2n) is 3.35. The average Bonchev–Trinajstić information content (AvgIpc) is 2.22. The molecule has 0 bridgehead atoms. The van der Waals surface area contributed by atoms with Gasteiger partial charge < -0.3 is 9.47 Å². The summed E-state index contributed by atoms with van der Waals surface area (Å²) in [4.78, 5) is 25.2. The lowest BCUT2D eigenvalue weighted by molar-refractivity contribution is -0.385. The standard InChI is InChI=1S/C9H7ClN2O5/c10-8-1-6(7(2-11-8)12(14)15)9(13)17-5-3-16-4-5/h1-2,5H,3-4H2. The van der Waals surface area contributed by atoms with Gasteiger partial charge in [0.1, 0.15) is 23.0 Å². The minimum absolute atomic E-state index is 0.00703. The van der Waals surface area contributed by atoms with Crippen molar-refractivity contribution in [3.8, 4) is 0 Å². The molecule has 1 fully saturated rings. The molecule has 8 heteroatoms. The van der Waals surface area contributed by atoms with E-state index in [4.69, 9.17) is 21.1 Å². The zero-order valence-corrected chi connectivity index (χ0v) is 9.22. The van der Waals surface area contributed by atoms with Gasteiger partial charge in [0.05, 0.1) is 18.1 Å². The van der Waals surface area contributed by atoms with Crippen molar-refractivity contribution in [1.29, 1.82) is 0 Å². The summed E-state index contributed by atoms with van der Waals surface area (Å²) < 4.78 is 9.79. The maximum atomic E-state index is 11.7. The molecule has 1 aromatic rings. The molecule has 1 aliphatic rings. The van der Waals surface area contributed by atoms with Crippen LogP contribution in [0, 0.1) is 10.1 Å². The quantitative estimate of drug-likeness (QED) is 0.350. The first kappa shape index (κ1) is 11.7. The van der Waals surface area contributed by atoms with E-state index in [2.05, 4.69) is 4.98 Å². The number of nitrogens with zero attached hydrogens (tertiary/aromatic N) is 2. The van der Waals surface area contributed by atoms with Crippen molar-refractivity contribution in [2.75, 3.05) is 13.2 Å². The van der Waals surface area contributed by atoms with Gasteiger partial charge >= 0.3 is 11.7 Å². The minimum Gasteiger partial charge on any atom is -0.454 e. The molecule has 17 heavy (non-hydrogen) atoms. The molecule has 7 nitrogen and oxygen atoms in total. The first-order valence-electron chi connectivity index (χ1n) is 4.66. The third-order valence-electron chi connectivity index (χ3n) is 2.15. The monoisotopic (exact) mass is 258 g/mol. The van der Waals surface area contributed by atoms with E-state index in [1.54, 1.807) is 0 Å². The number of halogens is 1. The van der Waals surface area contributed by atoms with Crippen molar-refractivity contribution >= 4 is 23.3 Å². The highest BCUT2D eigenvalue weighted by Gasteiger charge is 2.28. The van der Waals surface area contributed by atoms with Crippen LogP contribution in [0.15, 0.2) is 12.3 Å². The van der Waals surface area contributed by atoms with Crippen LogP contribution < -0.4 is 0 Å². The van der Waals surface area contributed by atoms with Gasteiger partial charge in [0.15, 0.2) is 0 Å². The molecule has 0 atom stereocenters. The van der Waals surface area contributed by atoms with Crippen LogP contribution in [0.3, 0.4) is 0 Å². The molecule has 0 radical (unpaired) electrons. The molecule has 2 rings (SSSR count). The molecule has 90 valence electrons. The smallest absolute Gasteiger partial charge is 0.345 e. The van der Waals surface area contributed by atoms with Gasteiger partial charge in [0.2, 0.25) is 0 Å². The van der Waals surface area contributed by atoms with Crippen LogP contribution in [-0.4, -0.2) is 35.2 Å². The van der Waals surface area contributed by atoms with Gasteiger partial charge in [-0.15, -0.1) is 0 Å². The number of hydrogen-bond acceptors (Lipinski definition) is 6. The highest BCUT2D eigenvalue weighted by molar-refractivity contribution is 6.29. The molecular formula is C9H7ClN2O5. The largest absolute Gasteiger partial charge is 0.454 e. The lowest BCUT2D eigenvalue weighted by Gasteiger charge is -2.25. The van der Waals surface area contributed by atoms with Crippen molar-refractivity contribution in [2.45, 2.75) is 6.10 Å². The molecular weight excluding hydrogens is 252 g/mol. The number of pyridine rings is 1. The molecule has 0 aliphatic carbocycles. The zero-order valence-electron chi connectivity index (χ0n) is 8.46. The Morgan fingerprint density at radius 2 is 2.35 bits per heavy atom. The molecule has 0 amide bonds. The molecule has 2 heterocycles. The number of aromatic nitrogens is 1. The number of carbonyl (C=O) groups is 1. The molecule has 0 N–H and O–H groups in total. The Bertz CT molecular complexity index is 474. The highest BCUT2D eigenvalue weighted by Crippen LogP contribution is 2.22. The Hall–Kier alpha value is -1.73. The number of carbonyl (C=O) groups excluding carboxylic acids is 1. The second kappa shape index (κ2) is 4.64. The Labute approximate surface area is 100 Å². The Kier molecular flexibility index (Phi) is 3.21. The summed E-state index contributed by atoms with van der Waals surface area (Å²) >= 11 is 5.58. The lowest BCUT2D eigenvalue weighted by atomic mass is 10.2. The molecule has 1 aromatic heterocycles. The minimum atomic E-state index is -0.797. The Morgan fingerprint density at radius 3 is 2.88 bits per heavy atom. The van der Waals surface area contributed by atoms with Crippen LogP contribution in [-0.2, 0) is 9.47 Å². The van der Waals surface area contributed by atoms with Gasteiger partial charge in [-0.3, -0.25) is 10.1 Å². The third kappa shape index (κ3) is 2.51. The normalized spacial score (nSPS) is 15.1. The van der Waals surface area contributed by atoms with Crippen LogP contribution in [0.5, 0.6) is 0 Å². The van der Waals surface area contributed by atoms with E-state index < -0.39 is 16.6 Å². The number of nitro groups is 1. The van der Waals surface area contributed by atoms with Gasteiger partial charge in [-0.05, 0) is 6.07 Å². The highest BCUT2D eigenvalue weighted by atomic mass is 35.5. The first-order valence-corrected chi connectivity index (χ1v) is 5.04. The van der Waals surface area contributed by atoms with Crippen molar-refractivity contribution in [2.24, 2.45) is 0 Å². The third-order valence-corrected chi connectivity index (χ3v) is 2.35. The summed E-state index contributed by atoms with van der Waals surface area (Å²) in [6.45, 7) is 0.608. The van der Waals surface area contributed by atoms with E-state index in [1.807, 2.05) is 0 Å². The predicted octanol–water partition coefficient (Wildman–Crippen LogP) is 1.20. The maximum Gasteiger partial charge on any atom is 0.345 e.